The number of alkyl carbamates (subject to hydrolysis) is 1. The van der Waals surface area contributed by atoms with Gasteiger partial charge in [-0.05, 0) is 27.6 Å². The lowest BCUT2D eigenvalue weighted by atomic mass is 10.1. The lowest BCUT2D eigenvalue weighted by Gasteiger charge is -2.16. The Hall–Kier alpha value is -4.69. The highest BCUT2D eigenvalue weighted by Gasteiger charge is 2.26. The summed E-state index contributed by atoms with van der Waals surface area (Å²) in [6, 6.07) is 16.5. The van der Waals surface area contributed by atoms with Crippen LogP contribution in [0.1, 0.15) is 23.4 Å². The fourth-order valence-electron chi connectivity index (χ4n) is 4.23. The number of Topliss-reactive ketones (excluding diaryl/α,β-unsaturated/α-hetero) is 1. The molecule has 13 nitrogen and oxygen atoms in total. The molecule has 1 atom stereocenters. The Morgan fingerprint density at radius 2 is 1.77 bits per heavy atom. The van der Waals surface area contributed by atoms with Crippen molar-refractivity contribution in [1.29, 1.82) is 0 Å². The van der Waals surface area contributed by atoms with Gasteiger partial charge < -0.3 is 24.5 Å². The van der Waals surface area contributed by atoms with Crippen LogP contribution < -0.4 is 5.32 Å². The molecule has 0 bridgehead atoms. The number of aliphatic carboxylic acids is 1. The molecule has 0 aliphatic heterocycles. The first-order chi connectivity index (χ1) is 21.1. The fraction of sp³-hybridized carbons (Fsp3) is 0.367. The number of amides is 1. The lowest BCUT2D eigenvalue weighted by molar-refractivity contribution is -0.139. The largest absolute Gasteiger partial charge is 0.481 e. The van der Waals surface area contributed by atoms with Gasteiger partial charge >= 0.3 is 12.1 Å². The molecule has 1 unspecified atom stereocenters. The predicted octanol–water partition coefficient (Wildman–Crippen LogP) is 3.78. The van der Waals surface area contributed by atoms with Crippen LogP contribution in [0.4, 0.5) is 4.79 Å². The molecule has 232 valence electrons. The number of carboxylic acid groups (broad SMARTS) is 1. The topological polar surface area (TPSA) is 163 Å². The second-order valence-electron chi connectivity index (χ2n) is 11.5. The van der Waals surface area contributed by atoms with Gasteiger partial charge in [-0.1, -0.05) is 74.2 Å². The number of ether oxygens (including phenoxy) is 2. The van der Waals surface area contributed by atoms with E-state index in [1.807, 2.05) is 41.1 Å². The molecule has 2 heterocycles. The van der Waals surface area contributed by atoms with Gasteiger partial charge in [-0.3, -0.25) is 9.59 Å². The average molecular weight is 620 g/mol. The summed E-state index contributed by atoms with van der Waals surface area (Å²) in [5, 5.41) is 23.3. The Bertz CT molecular complexity index is 1530. The van der Waals surface area contributed by atoms with E-state index in [0.29, 0.717) is 19.0 Å². The first-order valence-corrected chi connectivity index (χ1v) is 17.9. The second kappa shape index (κ2) is 15.2. The molecule has 2 aromatic carbocycles. The number of rotatable bonds is 16. The molecule has 0 aliphatic rings. The van der Waals surface area contributed by atoms with Crippen LogP contribution >= 0.6 is 0 Å². The molecule has 44 heavy (non-hydrogen) atoms. The van der Waals surface area contributed by atoms with E-state index in [2.05, 4.69) is 45.5 Å². The van der Waals surface area contributed by atoms with Gasteiger partial charge in [-0.2, -0.15) is 0 Å². The summed E-state index contributed by atoms with van der Waals surface area (Å²) >= 11 is 0. The SMILES string of the molecule is C[Si](C)(C)CCOCn1ccnc1-c1ccc(Cc2nnnn2CC(=O)C(CC(=O)O)NC(=O)OCc2ccccc2)cc1. The van der Waals surface area contributed by atoms with E-state index in [1.54, 1.807) is 30.5 Å². The maximum Gasteiger partial charge on any atom is 0.408 e. The van der Waals surface area contributed by atoms with Crippen LogP contribution in [0.15, 0.2) is 67.0 Å². The summed E-state index contributed by atoms with van der Waals surface area (Å²) in [5.41, 5.74) is 2.57. The zero-order valence-electron chi connectivity index (χ0n) is 25.0. The minimum Gasteiger partial charge on any atom is -0.481 e. The average Bonchev–Trinajstić information content (AvgIpc) is 3.63. The number of nitrogens with zero attached hydrogens (tertiary/aromatic N) is 6. The third-order valence-electron chi connectivity index (χ3n) is 6.70. The van der Waals surface area contributed by atoms with Crippen LogP contribution in [-0.4, -0.2) is 73.4 Å². The number of benzene rings is 2. The minimum atomic E-state index is -1.32. The van der Waals surface area contributed by atoms with Crippen LogP contribution in [-0.2, 0) is 45.4 Å². The van der Waals surface area contributed by atoms with Gasteiger partial charge in [0.05, 0.1) is 6.42 Å². The number of carboxylic acids is 1. The standard InChI is InChI=1S/C30H37N7O6Si/c1-44(2,3)16-15-42-21-36-14-13-31-29(36)24-11-9-22(10-12-24)17-27-33-34-35-37(27)19-26(38)25(18-28(39)40)32-30(41)43-20-23-7-5-4-6-8-23/h4-14,25H,15-21H2,1-3H3,(H,32,41)(H,39,40). The molecular weight excluding hydrogens is 582 g/mol. The van der Waals surface area contributed by atoms with E-state index in [-0.39, 0.29) is 13.2 Å². The first kappa shape index (κ1) is 32.2. The van der Waals surface area contributed by atoms with Crippen LogP contribution in [0.2, 0.25) is 25.7 Å². The Morgan fingerprint density at radius 3 is 2.48 bits per heavy atom. The van der Waals surface area contributed by atoms with Crippen molar-refractivity contribution in [2.45, 2.75) is 64.5 Å². The van der Waals surface area contributed by atoms with Crippen LogP contribution in [0.25, 0.3) is 11.4 Å². The summed E-state index contributed by atoms with van der Waals surface area (Å²) in [5.74, 6) is -0.627. The highest BCUT2D eigenvalue weighted by molar-refractivity contribution is 6.76. The first-order valence-electron chi connectivity index (χ1n) is 14.2. The number of hydrogen-bond acceptors (Lipinski definition) is 9. The minimum absolute atomic E-state index is 0.0228. The van der Waals surface area contributed by atoms with Crippen molar-refractivity contribution in [2.24, 2.45) is 0 Å². The summed E-state index contributed by atoms with van der Waals surface area (Å²) in [6.07, 6.45) is 2.44. The maximum atomic E-state index is 13.0. The molecule has 0 saturated heterocycles. The van der Waals surface area contributed by atoms with E-state index in [1.165, 1.54) is 4.68 Å². The quantitative estimate of drug-likeness (QED) is 0.139. The summed E-state index contributed by atoms with van der Waals surface area (Å²) in [6.45, 7) is 7.74. The molecule has 1 amide bonds. The van der Waals surface area contributed by atoms with Crippen molar-refractivity contribution in [3.05, 3.63) is 83.9 Å². The molecule has 0 radical (unpaired) electrons. The third kappa shape index (κ3) is 9.95. The zero-order chi connectivity index (χ0) is 31.5. The molecule has 14 heteroatoms. The lowest BCUT2D eigenvalue weighted by Crippen LogP contribution is -2.44. The van der Waals surface area contributed by atoms with Gasteiger partial charge in [0.25, 0.3) is 0 Å². The highest BCUT2D eigenvalue weighted by Crippen LogP contribution is 2.20. The van der Waals surface area contributed by atoms with Crippen molar-refractivity contribution < 1.29 is 29.0 Å². The molecule has 4 rings (SSSR count). The number of carbonyl (C=O) groups excluding carboxylic acids is 2. The molecular formula is C30H37N7O6Si. The van der Waals surface area contributed by atoms with E-state index in [0.717, 1.165) is 35.2 Å². The fourth-order valence-corrected chi connectivity index (χ4v) is 4.98. The normalized spacial score (nSPS) is 12.1. The van der Waals surface area contributed by atoms with E-state index < -0.39 is 38.4 Å². The highest BCUT2D eigenvalue weighted by atomic mass is 28.3. The molecule has 0 spiro atoms. The van der Waals surface area contributed by atoms with Gasteiger partial charge in [0, 0.05) is 39.1 Å². The zero-order valence-corrected chi connectivity index (χ0v) is 26.0. The van der Waals surface area contributed by atoms with Crippen LogP contribution in [0.3, 0.4) is 0 Å². The van der Waals surface area contributed by atoms with Gasteiger partial charge in [0.1, 0.15) is 31.7 Å². The molecule has 0 aliphatic carbocycles. The smallest absolute Gasteiger partial charge is 0.408 e. The number of carbonyl (C=O) groups is 3. The van der Waals surface area contributed by atoms with E-state index >= 15 is 0 Å². The predicted molar refractivity (Wildman–Crippen MR) is 163 cm³/mol. The molecule has 0 fully saturated rings. The molecule has 2 aromatic heterocycles. The van der Waals surface area contributed by atoms with Gasteiger partial charge in [0.15, 0.2) is 11.6 Å². The monoisotopic (exact) mass is 619 g/mol. The summed E-state index contributed by atoms with van der Waals surface area (Å²) < 4.78 is 14.3. The summed E-state index contributed by atoms with van der Waals surface area (Å²) in [7, 11) is -1.17. The number of ketones is 1. The Labute approximate surface area is 256 Å². The van der Waals surface area contributed by atoms with Crippen molar-refractivity contribution in [2.75, 3.05) is 6.61 Å². The van der Waals surface area contributed by atoms with Gasteiger partial charge in [-0.25, -0.2) is 14.5 Å². The van der Waals surface area contributed by atoms with Crippen LogP contribution in [0.5, 0.6) is 0 Å². The van der Waals surface area contributed by atoms with Crippen molar-refractivity contribution in [3.8, 4) is 11.4 Å². The molecule has 4 aromatic rings. The Morgan fingerprint density at radius 1 is 1.02 bits per heavy atom. The van der Waals surface area contributed by atoms with Crippen molar-refractivity contribution >= 4 is 25.9 Å². The van der Waals surface area contributed by atoms with Crippen molar-refractivity contribution in [3.63, 3.8) is 0 Å². The van der Waals surface area contributed by atoms with Gasteiger partial charge in [-0.15, -0.1) is 5.10 Å². The number of tetrazole rings is 1. The maximum absolute atomic E-state index is 13.0. The van der Waals surface area contributed by atoms with Crippen LogP contribution in [0, 0.1) is 0 Å². The number of imidazole rings is 1. The van der Waals surface area contributed by atoms with E-state index in [4.69, 9.17) is 9.47 Å². The summed E-state index contributed by atoms with van der Waals surface area (Å²) in [4.78, 5) is 41.3. The number of nitrogens with one attached hydrogen (secondary N) is 1. The second-order valence-corrected chi connectivity index (χ2v) is 17.1. The number of hydrogen-bond donors (Lipinski definition) is 2. The number of aromatic nitrogens is 6. The van der Waals surface area contributed by atoms with Gasteiger partial charge in [0.2, 0.25) is 0 Å². The molecule has 0 saturated carbocycles. The molecule has 2 N–H and O–H groups in total. The van der Waals surface area contributed by atoms with Crippen molar-refractivity contribution in [1.82, 2.24) is 35.1 Å². The van der Waals surface area contributed by atoms with E-state index in [9.17, 15) is 19.5 Å². The Balaban J connectivity index is 1.34. The third-order valence-corrected chi connectivity index (χ3v) is 8.40. The Kier molecular flexibility index (Phi) is 11.1.